The van der Waals surface area contributed by atoms with E-state index in [9.17, 15) is 8.78 Å². The van der Waals surface area contributed by atoms with Crippen molar-refractivity contribution in [2.24, 2.45) is 10.8 Å². The number of ether oxygens (including phenoxy) is 1. The summed E-state index contributed by atoms with van der Waals surface area (Å²) in [6.45, 7) is 6.70. The number of alkyl halides is 2. The Hall–Kier alpha value is -0.180. The van der Waals surface area contributed by atoms with Crippen molar-refractivity contribution in [3.8, 4) is 0 Å². The van der Waals surface area contributed by atoms with Crippen LogP contribution in [-0.2, 0) is 4.74 Å². The molecular weight excluding hydrogens is 174 g/mol. The average Bonchev–Trinajstić information content (AvgIpc) is 2.33. The van der Waals surface area contributed by atoms with Crippen molar-refractivity contribution in [2.75, 3.05) is 13.2 Å². The van der Waals surface area contributed by atoms with E-state index in [1.165, 1.54) is 0 Å². The molecule has 1 nitrogen and oxygen atoms in total. The summed E-state index contributed by atoms with van der Waals surface area (Å²) in [5.41, 5.74) is -0.928. The van der Waals surface area contributed by atoms with E-state index in [1.54, 1.807) is 0 Å². The zero-order valence-corrected chi connectivity index (χ0v) is 8.57. The Bertz CT molecular complexity index is 166. The predicted molar refractivity (Wildman–Crippen MR) is 47.9 cm³/mol. The fourth-order valence-electron chi connectivity index (χ4n) is 2.07. The van der Waals surface area contributed by atoms with Crippen molar-refractivity contribution in [1.82, 2.24) is 0 Å². The van der Waals surface area contributed by atoms with Crippen LogP contribution < -0.4 is 0 Å². The summed E-state index contributed by atoms with van der Waals surface area (Å²) >= 11 is 0. The van der Waals surface area contributed by atoms with Gasteiger partial charge in [0.2, 0.25) is 6.43 Å². The molecule has 0 aromatic rings. The lowest BCUT2D eigenvalue weighted by molar-refractivity contribution is -0.0362. The van der Waals surface area contributed by atoms with Crippen LogP contribution >= 0.6 is 0 Å². The van der Waals surface area contributed by atoms with Gasteiger partial charge >= 0.3 is 0 Å². The predicted octanol–water partition coefficient (Wildman–Crippen LogP) is 3.09. The number of halogens is 2. The lowest BCUT2D eigenvalue weighted by Crippen LogP contribution is -2.34. The maximum atomic E-state index is 12.8. The largest absolute Gasteiger partial charge is 0.381 e. The summed E-state index contributed by atoms with van der Waals surface area (Å²) in [6.07, 6.45) is -1.21. The van der Waals surface area contributed by atoms with Crippen molar-refractivity contribution in [3.05, 3.63) is 0 Å². The molecule has 1 aliphatic rings. The van der Waals surface area contributed by atoms with E-state index < -0.39 is 11.8 Å². The van der Waals surface area contributed by atoms with Gasteiger partial charge in [-0.1, -0.05) is 20.8 Å². The standard InChI is InChI=1S/C10H18F2O/c1-9(2,3)6-10(8(11)12)4-5-13-7-10/h8H,4-7H2,1-3H3. The summed E-state index contributed by atoms with van der Waals surface area (Å²) in [5, 5.41) is 0. The van der Waals surface area contributed by atoms with Gasteiger partial charge in [-0.3, -0.25) is 0 Å². The minimum Gasteiger partial charge on any atom is -0.381 e. The first-order chi connectivity index (χ1) is 5.86. The highest BCUT2D eigenvalue weighted by Crippen LogP contribution is 2.44. The molecule has 1 fully saturated rings. The Morgan fingerprint density at radius 1 is 1.38 bits per heavy atom. The van der Waals surface area contributed by atoms with Crippen LogP contribution in [0.3, 0.4) is 0 Å². The fraction of sp³-hybridized carbons (Fsp3) is 1.00. The van der Waals surface area contributed by atoms with E-state index >= 15 is 0 Å². The second-order valence-electron chi connectivity index (χ2n) is 5.20. The van der Waals surface area contributed by atoms with Gasteiger partial charge in [0.1, 0.15) is 0 Å². The molecule has 78 valence electrons. The Labute approximate surface area is 78.5 Å². The first kappa shape index (κ1) is 10.9. The third-order valence-electron chi connectivity index (χ3n) is 2.48. The highest BCUT2D eigenvalue weighted by molar-refractivity contribution is 4.89. The van der Waals surface area contributed by atoms with Crippen LogP contribution in [0, 0.1) is 10.8 Å². The van der Waals surface area contributed by atoms with Gasteiger partial charge in [0, 0.05) is 6.61 Å². The van der Waals surface area contributed by atoms with Gasteiger partial charge in [-0.15, -0.1) is 0 Å². The average molecular weight is 192 g/mol. The van der Waals surface area contributed by atoms with Crippen LogP contribution in [0.25, 0.3) is 0 Å². The second kappa shape index (κ2) is 3.52. The SMILES string of the molecule is CC(C)(C)CC1(C(F)F)CCOC1. The molecule has 0 N–H and O–H groups in total. The Morgan fingerprint density at radius 3 is 2.31 bits per heavy atom. The Kier molecular flexibility index (Phi) is 2.95. The van der Waals surface area contributed by atoms with Gasteiger partial charge in [0.05, 0.1) is 12.0 Å². The molecule has 0 aliphatic carbocycles. The van der Waals surface area contributed by atoms with E-state index in [0.29, 0.717) is 19.4 Å². The van der Waals surface area contributed by atoms with E-state index in [0.717, 1.165) is 0 Å². The van der Waals surface area contributed by atoms with Gasteiger partial charge < -0.3 is 4.74 Å². The van der Waals surface area contributed by atoms with Crippen molar-refractivity contribution < 1.29 is 13.5 Å². The third-order valence-corrected chi connectivity index (χ3v) is 2.48. The Balaban J connectivity index is 2.68. The van der Waals surface area contributed by atoms with Gasteiger partial charge in [-0.05, 0) is 18.3 Å². The topological polar surface area (TPSA) is 9.23 Å². The minimum atomic E-state index is -2.26. The molecule has 1 aliphatic heterocycles. The molecule has 1 atom stereocenters. The maximum Gasteiger partial charge on any atom is 0.246 e. The molecule has 0 saturated carbocycles. The first-order valence-electron chi connectivity index (χ1n) is 4.72. The molecule has 1 rings (SSSR count). The number of rotatable bonds is 2. The van der Waals surface area contributed by atoms with Crippen LogP contribution in [0.1, 0.15) is 33.6 Å². The summed E-state index contributed by atoms with van der Waals surface area (Å²) in [5.74, 6) is 0. The summed E-state index contributed by atoms with van der Waals surface area (Å²) in [7, 11) is 0. The summed E-state index contributed by atoms with van der Waals surface area (Å²) in [4.78, 5) is 0. The lowest BCUT2D eigenvalue weighted by atomic mass is 9.73. The molecule has 0 amide bonds. The normalized spacial score (nSPS) is 30.0. The van der Waals surface area contributed by atoms with E-state index in [4.69, 9.17) is 4.74 Å². The molecular formula is C10H18F2O. The highest BCUT2D eigenvalue weighted by atomic mass is 19.3. The van der Waals surface area contributed by atoms with E-state index in [-0.39, 0.29) is 12.0 Å². The highest BCUT2D eigenvalue weighted by Gasteiger charge is 2.45. The molecule has 3 heteroatoms. The van der Waals surface area contributed by atoms with Crippen LogP contribution in [-0.4, -0.2) is 19.6 Å². The van der Waals surface area contributed by atoms with Crippen molar-refractivity contribution in [2.45, 2.75) is 40.0 Å². The molecule has 0 bridgehead atoms. The second-order valence-corrected chi connectivity index (χ2v) is 5.20. The monoisotopic (exact) mass is 192 g/mol. The van der Waals surface area contributed by atoms with Gasteiger partial charge in [-0.2, -0.15) is 0 Å². The summed E-state index contributed by atoms with van der Waals surface area (Å²) < 4.78 is 30.8. The molecule has 0 spiro atoms. The van der Waals surface area contributed by atoms with Crippen molar-refractivity contribution in [1.29, 1.82) is 0 Å². The van der Waals surface area contributed by atoms with Crippen LogP contribution in [0.15, 0.2) is 0 Å². The zero-order chi connectivity index (χ0) is 10.1. The maximum absolute atomic E-state index is 12.8. The summed E-state index contributed by atoms with van der Waals surface area (Å²) in [6, 6.07) is 0. The number of hydrogen-bond donors (Lipinski definition) is 0. The Morgan fingerprint density at radius 2 is 2.00 bits per heavy atom. The molecule has 1 heterocycles. The molecule has 1 saturated heterocycles. The van der Waals surface area contributed by atoms with E-state index in [1.807, 2.05) is 20.8 Å². The molecule has 1 unspecified atom stereocenters. The van der Waals surface area contributed by atoms with Gasteiger partial charge in [0.25, 0.3) is 0 Å². The van der Waals surface area contributed by atoms with Crippen LogP contribution in [0.4, 0.5) is 8.78 Å². The molecule has 0 aromatic carbocycles. The molecule has 0 aromatic heterocycles. The van der Waals surface area contributed by atoms with Crippen LogP contribution in [0.2, 0.25) is 0 Å². The number of hydrogen-bond acceptors (Lipinski definition) is 1. The van der Waals surface area contributed by atoms with Crippen LogP contribution in [0.5, 0.6) is 0 Å². The van der Waals surface area contributed by atoms with Crippen molar-refractivity contribution >= 4 is 0 Å². The van der Waals surface area contributed by atoms with Crippen molar-refractivity contribution in [3.63, 3.8) is 0 Å². The zero-order valence-electron chi connectivity index (χ0n) is 8.57. The lowest BCUT2D eigenvalue weighted by Gasteiger charge is -2.33. The van der Waals surface area contributed by atoms with E-state index in [2.05, 4.69) is 0 Å². The van der Waals surface area contributed by atoms with Gasteiger partial charge in [-0.25, -0.2) is 8.78 Å². The fourth-order valence-corrected chi connectivity index (χ4v) is 2.07. The quantitative estimate of drug-likeness (QED) is 0.653. The first-order valence-corrected chi connectivity index (χ1v) is 4.72. The molecule has 13 heavy (non-hydrogen) atoms. The minimum absolute atomic E-state index is 0.0515. The third kappa shape index (κ3) is 2.63. The smallest absolute Gasteiger partial charge is 0.246 e. The molecule has 0 radical (unpaired) electrons. The van der Waals surface area contributed by atoms with Gasteiger partial charge in [0.15, 0.2) is 0 Å².